The first-order chi connectivity index (χ1) is 7.19. The zero-order valence-electron chi connectivity index (χ0n) is 8.05. The Bertz CT molecular complexity index is 509. The van der Waals surface area contributed by atoms with Crippen LogP contribution < -0.4 is 0 Å². The molecule has 0 aliphatic carbocycles. The SMILES string of the molecule is Cc1ccc(S(=O)(=O)C(Br)(Br)[N+](=O)[O-])cc1. The second kappa shape index (κ2) is 4.42. The van der Waals surface area contributed by atoms with E-state index in [9.17, 15) is 18.5 Å². The molecular formula is C8H7Br2NO4S. The monoisotopic (exact) mass is 371 g/mol. The van der Waals surface area contributed by atoms with E-state index in [-0.39, 0.29) is 4.90 Å². The van der Waals surface area contributed by atoms with E-state index < -0.39 is 17.5 Å². The van der Waals surface area contributed by atoms with Crippen LogP contribution in [0.1, 0.15) is 5.56 Å². The molecule has 88 valence electrons. The number of benzene rings is 1. The highest BCUT2D eigenvalue weighted by molar-refractivity contribution is 9.27. The Morgan fingerprint density at radius 1 is 1.25 bits per heavy atom. The summed E-state index contributed by atoms with van der Waals surface area (Å²) < 4.78 is 21.4. The molecule has 0 saturated heterocycles. The van der Waals surface area contributed by atoms with Gasteiger partial charge in [-0.05, 0) is 19.1 Å². The van der Waals surface area contributed by atoms with Gasteiger partial charge in [0.2, 0.25) is 0 Å². The molecule has 5 nitrogen and oxygen atoms in total. The Morgan fingerprint density at radius 2 is 1.69 bits per heavy atom. The van der Waals surface area contributed by atoms with Gasteiger partial charge < -0.3 is 0 Å². The summed E-state index contributed by atoms with van der Waals surface area (Å²) in [6.45, 7) is 1.79. The molecule has 16 heavy (non-hydrogen) atoms. The van der Waals surface area contributed by atoms with E-state index >= 15 is 0 Å². The molecule has 0 bridgehead atoms. The first-order valence-corrected chi connectivity index (χ1v) is 7.10. The summed E-state index contributed by atoms with van der Waals surface area (Å²) in [4.78, 5) is 9.56. The third-order valence-corrected chi connectivity index (χ3v) is 6.69. The summed E-state index contributed by atoms with van der Waals surface area (Å²) in [6, 6.07) is 5.79. The van der Waals surface area contributed by atoms with Gasteiger partial charge in [0.15, 0.2) is 0 Å². The largest absolute Gasteiger partial charge is 0.428 e. The summed E-state index contributed by atoms with van der Waals surface area (Å²) in [6.07, 6.45) is 0. The van der Waals surface area contributed by atoms with Crippen LogP contribution in [0.5, 0.6) is 0 Å². The molecule has 0 saturated carbocycles. The number of hydrogen-bond acceptors (Lipinski definition) is 4. The fraction of sp³-hybridized carbons (Fsp3) is 0.250. The third kappa shape index (κ3) is 2.28. The molecule has 0 aromatic heterocycles. The molecule has 0 spiro atoms. The zero-order valence-corrected chi connectivity index (χ0v) is 12.0. The van der Waals surface area contributed by atoms with Crippen LogP contribution in [0.25, 0.3) is 0 Å². The van der Waals surface area contributed by atoms with Crippen molar-refractivity contribution in [3.63, 3.8) is 0 Å². The molecule has 0 fully saturated rings. The average molecular weight is 373 g/mol. The van der Waals surface area contributed by atoms with Gasteiger partial charge in [0.25, 0.3) is 9.84 Å². The van der Waals surface area contributed by atoms with E-state index in [0.29, 0.717) is 0 Å². The number of alkyl halides is 2. The molecule has 1 aromatic rings. The lowest BCUT2D eigenvalue weighted by molar-refractivity contribution is -0.480. The van der Waals surface area contributed by atoms with Gasteiger partial charge in [-0.15, -0.1) is 0 Å². The Hall–Kier alpha value is -0.470. The highest BCUT2D eigenvalue weighted by atomic mass is 79.9. The molecule has 1 aromatic carbocycles. The Kier molecular flexibility index (Phi) is 3.76. The van der Waals surface area contributed by atoms with Crippen LogP contribution in [-0.4, -0.2) is 16.0 Å². The molecule has 0 heterocycles. The van der Waals surface area contributed by atoms with Crippen molar-refractivity contribution in [1.29, 1.82) is 0 Å². The van der Waals surface area contributed by atoms with Crippen molar-refractivity contribution in [2.24, 2.45) is 0 Å². The summed E-state index contributed by atoms with van der Waals surface area (Å²) in [5.41, 5.74) is 0.870. The molecule has 0 N–H and O–H groups in total. The second-order valence-electron chi connectivity index (χ2n) is 3.06. The molecule has 0 amide bonds. The quantitative estimate of drug-likeness (QED) is 0.353. The maximum absolute atomic E-state index is 11.9. The van der Waals surface area contributed by atoms with Crippen LogP contribution in [-0.2, 0) is 9.84 Å². The van der Waals surface area contributed by atoms with Gasteiger partial charge in [0, 0.05) is 31.9 Å². The summed E-state index contributed by atoms with van der Waals surface area (Å²) in [5.74, 6) is 0. The zero-order chi connectivity index (χ0) is 12.6. The summed E-state index contributed by atoms with van der Waals surface area (Å²) in [7, 11) is -4.12. The van der Waals surface area contributed by atoms with Gasteiger partial charge in [-0.1, -0.05) is 17.7 Å². The Morgan fingerprint density at radius 3 is 2.06 bits per heavy atom. The van der Waals surface area contributed by atoms with E-state index in [1.165, 1.54) is 12.1 Å². The number of halogens is 2. The molecule has 0 atom stereocenters. The van der Waals surface area contributed by atoms with Crippen molar-refractivity contribution >= 4 is 41.7 Å². The molecule has 0 aliphatic rings. The standard InChI is InChI=1S/C8H7Br2NO4S/c1-6-2-4-7(5-3-6)16(14,15)8(9,10)11(12)13/h2-5H,1H3. The summed E-state index contributed by atoms with van der Waals surface area (Å²) in [5, 5.41) is 10.6. The van der Waals surface area contributed by atoms with Crippen molar-refractivity contribution in [3.05, 3.63) is 39.9 Å². The van der Waals surface area contributed by atoms with Gasteiger partial charge in [0.1, 0.15) is 0 Å². The topological polar surface area (TPSA) is 77.3 Å². The van der Waals surface area contributed by atoms with Gasteiger partial charge in [-0.25, -0.2) is 8.42 Å². The molecule has 1 rings (SSSR count). The van der Waals surface area contributed by atoms with E-state index in [1.54, 1.807) is 19.1 Å². The maximum atomic E-state index is 11.9. The van der Waals surface area contributed by atoms with E-state index in [4.69, 9.17) is 0 Å². The van der Waals surface area contributed by atoms with Gasteiger partial charge in [-0.2, -0.15) is 0 Å². The van der Waals surface area contributed by atoms with Crippen molar-refractivity contribution in [3.8, 4) is 0 Å². The van der Waals surface area contributed by atoms with E-state index in [2.05, 4.69) is 31.9 Å². The molecule has 0 radical (unpaired) electrons. The Labute approximate surface area is 109 Å². The van der Waals surface area contributed by atoms with Crippen molar-refractivity contribution in [1.82, 2.24) is 0 Å². The first-order valence-electron chi connectivity index (χ1n) is 4.03. The van der Waals surface area contributed by atoms with Gasteiger partial charge >= 0.3 is 2.69 Å². The minimum atomic E-state index is -4.12. The van der Waals surface area contributed by atoms with Crippen LogP contribution in [0.3, 0.4) is 0 Å². The number of hydrogen-bond donors (Lipinski definition) is 0. The Balaban J connectivity index is 3.33. The van der Waals surface area contributed by atoms with Crippen LogP contribution in [0.4, 0.5) is 0 Å². The highest BCUT2D eigenvalue weighted by Crippen LogP contribution is 2.37. The number of sulfone groups is 1. The first kappa shape index (κ1) is 13.6. The minimum absolute atomic E-state index is 0.122. The lowest BCUT2D eigenvalue weighted by Gasteiger charge is -2.12. The fourth-order valence-electron chi connectivity index (χ4n) is 0.957. The molecule has 0 unspecified atom stereocenters. The highest BCUT2D eigenvalue weighted by Gasteiger charge is 2.52. The summed E-state index contributed by atoms with van der Waals surface area (Å²) >= 11 is 5.11. The second-order valence-corrected chi connectivity index (χ2v) is 9.54. The van der Waals surface area contributed by atoms with Crippen LogP contribution in [0, 0.1) is 17.0 Å². The molecule has 0 aliphatic heterocycles. The third-order valence-electron chi connectivity index (χ3n) is 1.87. The van der Waals surface area contributed by atoms with Crippen LogP contribution in [0.2, 0.25) is 0 Å². The average Bonchev–Trinajstić information content (AvgIpc) is 2.17. The van der Waals surface area contributed by atoms with Crippen molar-refractivity contribution in [2.45, 2.75) is 14.5 Å². The van der Waals surface area contributed by atoms with Crippen molar-refractivity contribution in [2.75, 3.05) is 0 Å². The molecular weight excluding hydrogens is 366 g/mol. The van der Waals surface area contributed by atoms with E-state index in [0.717, 1.165) is 5.56 Å². The number of nitro groups is 1. The maximum Gasteiger partial charge on any atom is 0.428 e. The lowest BCUT2D eigenvalue weighted by atomic mass is 10.2. The van der Waals surface area contributed by atoms with Crippen LogP contribution in [0.15, 0.2) is 29.2 Å². The number of aryl methyl sites for hydroxylation is 1. The smallest absolute Gasteiger partial charge is 0.261 e. The molecule has 8 heteroatoms. The van der Waals surface area contributed by atoms with Crippen LogP contribution >= 0.6 is 31.9 Å². The minimum Gasteiger partial charge on any atom is -0.261 e. The normalized spacial score (nSPS) is 12.4. The predicted octanol–water partition coefficient (Wildman–Crippen LogP) is 2.45. The van der Waals surface area contributed by atoms with Gasteiger partial charge in [0.05, 0.1) is 9.82 Å². The number of rotatable bonds is 3. The van der Waals surface area contributed by atoms with E-state index in [1.807, 2.05) is 0 Å². The predicted molar refractivity (Wildman–Crippen MR) is 65.9 cm³/mol. The fourth-order valence-corrected chi connectivity index (χ4v) is 3.05. The van der Waals surface area contributed by atoms with Gasteiger partial charge in [-0.3, -0.25) is 10.1 Å². The number of nitrogens with zero attached hydrogens (tertiary/aromatic N) is 1. The van der Waals surface area contributed by atoms with Crippen molar-refractivity contribution < 1.29 is 13.3 Å². The lowest BCUT2D eigenvalue weighted by Crippen LogP contribution is -2.33.